The normalized spacial score (nSPS) is 9.86. The maximum Gasteiger partial charge on any atom is 0.237 e. The highest BCUT2D eigenvalue weighted by Gasteiger charge is 2.05. The lowest BCUT2D eigenvalue weighted by Gasteiger charge is -2.15. The lowest BCUT2D eigenvalue weighted by molar-refractivity contribution is -0.127. The van der Waals surface area contributed by atoms with Crippen LogP contribution >= 0.6 is 11.6 Å². The van der Waals surface area contributed by atoms with E-state index in [2.05, 4.69) is 12.1 Å². The maximum absolute atomic E-state index is 11.1. The molecule has 0 fully saturated rings. The Morgan fingerprint density at radius 3 is 2.57 bits per heavy atom. The Morgan fingerprint density at radius 1 is 1.36 bits per heavy atom. The van der Waals surface area contributed by atoms with E-state index < -0.39 is 0 Å². The summed E-state index contributed by atoms with van der Waals surface area (Å²) in [5.41, 5.74) is 1.24. The molecule has 0 bridgehead atoms. The van der Waals surface area contributed by atoms with Gasteiger partial charge in [0.2, 0.25) is 5.91 Å². The first kappa shape index (κ1) is 11.1. The van der Waals surface area contributed by atoms with Gasteiger partial charge in [0.15, 0.2) is 0 Å². The predicted octanol–water partition coefficient (Wildman–Crippen LogP) is 1.93. The molecule has 1 amide bonds. The molecular formula is C11H14ClNO. The molecule has 1 rings (SSSR count). The summed E-state index contributed by atoms with van der Waals surface area (Å²) in [4.78, 5) is 12.8. The number of nitrogens with zero attached hydrogens (tertiary/aromatic N) is 1. The number of hydrogen-bond acceptors (Lipinski definition) is 1. The van der Waals surface area contributed by atoms with Crippen molar-refractivity contribution < 1.29 is 4.79 Å². The Balaban J connectivity index is 2.38. The highest BCUT2D eigenvalue weighted by Crippen LogP contribution is 2.00. The van der Waals surface area contributed by atoms with Crippen molar-refractivity contribution in [2.24, 2.45) is 0 Å². The molecule has 0 aliphatic carbocycles. The summed E-state index contributed by atoms with van der Waals surface area (Å²) in [5, 5.41) is 0. The van der Waals surface area contributed by atoms with Crippen molar-refractivity contribution in [2.45, 2.75) is 6.42 Å². The summed E-state index contributed by atoms with van der Waals surface area (Å²) < 4.78 is 0. The van der Waals surface area contributed by atoms with Crippen LogP contribution in [0.25, 0.3) is 0 Å². The number of likely N-dealkylation sites (N-methyl/N-ethyl adjacent to an activating group) is 1. The number of amides is 1. The number of hydrogen-bond donors (Lipinski definition) is 0. The minimum Gasteiger partial charge on any atom is -0.344 e. The third kappa shape index (κ3) is 3.38. The molecule has 0 radical (unpaired) electrons. The summed E-state index contributed by atoms with van der Waals surface area (Å²) in [6.45, 7) is 0.718. The van der Waals surface area contributed by atoms with Gasteiger partial charge < -0.3 is 4.90 Å². The van der Waals surface area contributed by atoms with Crippen molar-refractivity contribution in [2.75, 3.05) is 19.5 Å². The van der Waals surface area contributed by atoms with E-state index in [0.717, 1.165) is 13.0 Å². The molecule has 2 nitrogen and oxygen atoms in total. The van der Waals surface area contributed by atoms with Gasteiger partial charge in [-0.05, 0) is 12.0 Å². The second-order valence-corrected chi connectivity index (χ2v) is 3.45. The van der Waals surface area contributed by atoms with Crippen LogP contribution in [-0.2, 0) is 11.2 Å². The Kier molecular flexibility index (Phi) is 4.47. The maximum atomic E-state index is 11.1. The average molecular weight is 212 g/mol. The van der Waals surface area contributed by atoms with Crippen molar-refractivity contribution in [3.8, 4) is 0 Å². The number of carbonyl (C=O) groups is 1. The summed E-state index contributed by atoms with van der Waals surface area (Å²) in [7, 11) is 1.77. The highest BCUT2D eigenvalue weighted by atomic mass is 35.5. The van der Waals surface area contributed by atoms with Crippen molar-refractivity contribution in [3.63, 3.8) is 0 Å². The average Bonchev–Trinajstić information content (AvgIpc) is 2.26. The third-order valence-electron chi connectivity index (χ3n) is 2.12. The monoisotopic (exact) mass is 211 g/mol. The summed E-state index contributed by atoms with van der Waals surface area (Å²) in [5.74, 6) is 0.0354. The Hall–Kier alpha value is -1.02. The molecule has 0 spiro atoms. The number of benzene rings is 1. The number of alkyl halides is 1. The molecule has 1 aromatic rings. The minimum absolute atomic E-state index is 0.0254. The molecule has 0 N–H and O–H groups in total. The first-order chi connectivity index (χ1) is 6.74. The van der Waals surface area contributed by atoms with Gasteiger partial charge in [0.05, 0.1) is 0 Å². The Labute approximate surface area is 89.5 Å². The van der Waals surface area contributed by atoms with E-state index in [1.54, 1.807) is 11.9 Å². The van der Waals surface area contributed by atoms with E-state index in [4.69, 9.17) is 11.6 Å². The molecule has 76 valence electrons. The second-order valence-electron chi connectivity index (χ2n) is 3.18. The van der Waals surface area contributed by atoms with Crippen LogP contribution in [0.3, 0.4) is 0 Å². The van der Waals surface area contributed by atoms with Gasteiger partial charge in [-0.15, -0.1) is 11.6 Å². The van der Waals surface area contributed by atoms with Crippen LogP contribution in [0.15, 0.2) is 30.3 Å². The molecule has 0 saturated carbocycles. The fraction of sp³-hybridized carbons (Fsp3) is 0.364. The van der Waals surface area contributed by atoms with E-state index in [-0.39, 0.29) is 11.8 Å². The molecule has 0 aliphatic heterocycles. The summed E-state index contributed by atoms with van der Waals surface area (Å²) >= 11 is 5.44. The van der Waals surface area contributed by atoms with Crippen LogP contribution in [0, 0.1) is 0 Å². The van der Waals surface area contributed by atoms with Gasteiger partial charge in [-0.3, -0.25) is 4.79 Å². The Bertz CT molecular complexity index is 287. The molecule has 14 heavy (non-hydrogen) atoms. The van der Waals surface area contributed by atoms with Gasteiger partial charge in [-0.1, -0.05) is 30.3 Å². The van der Waals surface area contributed by atoms with E-state index >= 15 is 0 Å². The van der Waals surface area contributed by atoms with Crippen LogP contribution in [0.2, 0.25) is 0 Å². The summed E-state index contributed by atoms with van der Waals surface area (Å²) in [6, 6.07) is 10.1. The molecule has 0 saturated heterocycles. The number of halogens is 1. The molecule has 3 heteroatoms. The van der Waals surface area contributed by atoms with Crippen molar-refractivity contribution >= 4 is 17.5 Å². The zero-order valence-corrected chi connectivity index (χ0v) is 9.00. The zero-order valence-electron chi connectivity index (χ0n) is 8.24. The second kappa shape index (κ2) is 5.66. The summed E-state index contributed by atoms with van der Waals surface area (Å²) in [6.07, 6.45) is 0.875. The first-order valence-corrected chi connectivity index (χ1v) is 5.11. The molecule has 0 atom stereocenters. The van der Waals surface area contributed by atoms with Crippen molar-refractivity contribution in [1.29, 1.82) is 0 Å². The van der Waals surface area contributed by atoms with Gasteiger partial charge in [0.1, 0.15) is 5.88 Å². The Morgan fingerprint density at radius 2 is 2.00 bits per heavy atom. The van der Waals surface area contributed by atoms with E-state index in [9.17, 15) is 4.79 Å². The van der Waals surface area contributed by atoms with Crippen LogP contribution < -0.4 is 0 Å². The van der Waals surface area contributed by atoms with Crippen LogP contribution in [0.4, 0.5) is 0 Å². The lowest BCUT2D eigenvalue weighted by Crippen LogP contribution is -2.29. The molecule has 0 heterocycles. The smallest absolute Gasteiger partial charge is 0.237 e. The molecule has 0 aliphatic rings. The van der Waals surface area contributed by atoms with Gasteiger partial charge in [-0.25, -0.2) is 0 Å². The van der Waals surface area contributed by atoms with Crippen LogP contribution in [0.5, 0.6) is 0 Å². The van der Waals surface area contributed by atoms with Gasteiger partial charge in [0.25, 0.3) is 0 Å². The van der Waals surface area contributed by atoms with Crippen molar-refractivity contribution in [1.82, 2.24) is 4.90 Å². The van der Waals surface area contributed by atoms with Crippen LogP contribution in [0.1, 0.15) is 5.56 Å². The molecule has 1 aromatic carbocycles. The van der Waals surface area contributed by atoms with Gasteiger partial charge in [0, 0.05) is 13.6 Å². The SMILES string of the molecule is CN(CCc1ccccc1)C(=O)CCl. The van der Waals surface area contributed by atoms with Gasteiger partial charge in [-0.2, -0.15) is 0 Å². The topological polar surface area (TPSA) is 20.3 Å². The first-order valence-electron chi connectivity index (χ1n) is 4.58. The largest absolute Gasteiger partial charge is 0.344 e. The van der Waals surface area contributed by atoms with Gasteiger partial charge >= 0.3 is 0 Å². The minimum atomic E-state index is -0.0254. The predicted molar refractivity (Wildman–Crippen MR) is 58.5 cm³/mol. The fourth-order valence-electron chi connectivity index (χ4n) is 1.17. The van der Waals surface area contributed by atoms with E-state index in [1.807, 2.05) is 18.2 Å². The quantitative estimate of drug-likeness (QED) is 0.697. The molecule has 0 unspecified atom stereocenters. The number of rotatable bonds is 4. The highest BCUT2D eigenvalue weighted by molar-refractivity contribution is 6.27. The van der Waals surface area contributed by atoms with E-state index in [0.29, 0.717) is 0 Å². The van der Waals surface area contributed by atoms with Crippen LogP contribution in [-0.4, -0.2) is 30.3 Å². The molecule has 0 aromatic heterocycles. The van der Waals surface area contributed by atoms with Crippen molar-refractivity contribution in [3.05, 3.63) is 35.9 Å². The van der Waals surface area contributed by atoms with E-state index in [1.165, 1.54) is 5.56 Å². The number of carbonyl (C=O) groups excluding carboxylic acids is 1. The fourth-order valence-corrected chi connectivity index (χ4v) is 1.37. The third-order valence-corrected chi connectivity index (χ3v) is 2.35. The molecular weight excluding hydrogens is 198 g/mol. The standard InChI is InChI=1S/C11H14ClNO/c1-13(11(14)9-12)8-7-10-5-3-2-4-6-10/h2-6H,7-9H2,1H3. The lowest BCUT2D eigenvalue weighted by atomic mass is 10.1. The zero-order chi connectivity index (χ0) is 10.4.